The van der Waals surface area contributed by atoms with Crippen LogP contribution in [0.15, 0.2) is 29.8 Å². The van der Waals surface area contributed by atoms with Crippen LogP contribution in [0, 0.1) is 6.92 Å². The van der Waals surface area contributed by atoms with Crippen molar-refractivity contribution in [1.82, 2.24) is 10.2 Å². The molecule has 0 aliphatic rings. The molecule has 1 aromatic heterocycles. The van der Waals surface area contributed by atoms with Crippen molar-refractivity contribution in [3.05, 3.63) is 40.9 Å². The van der Waals surface area contributed by atoms with Crippen LogP contribution in [0.25, 0.3) is 0 Å². The summed E-state index contributed by atoms with van der Waals surface area (Å²) in [5, 5.41) is 17.4. The van der Waals surface area contributed by atoms with Gasteiger partial charge in [-0.25, -0.2) is 0 Å². The van der Waals surface area contributed by atoms with Gasteiger partial charge in [0.25, 0.3) is 0 Å². The van der Waals surface area contributed by atoms with Crippen LogP contribution >= 0.6 is 11.3 Å². The normalized spacial score (nSPS) is 10.4. The van der Waals surface area contributed by atoms with Crippen molar-refractivity contribution < 1.29 is 9.90 Å². The van der Waals surface area contributed by atoms with Gasteiger partial charge in [-0.3, -0.25) is 4.79 Å². The second-order valence-electron chi connectivity index (χ2n) is 4.27. The van der Waals surface area contributed by atoms with Gasteiger partial charge in [0.2, 0.25) is 5.13 Å². The highest BCUT2D eigenvalue weighted by molar-refractivity contribution is 7.13. The first-order valence-electron chi connectivity index (χ1n) is 5.93. The second-order valence-corrected chi connectivity index (χ2v) is 5.08. The van der Waals surface area contributed by atoms with Crippen LogP contribution in [0.1, 0.15) is 17.5 Å². The van der Waals surface area contributed by atoms with Gasteiger partial charge in [-0.1, -0.05) is 41.2 Å². The second kappa shape index (κ2) is 6.29. The molecule has 0 bridgehead atoms. The lowest BCUT2D eigenvalue weighted by Crippen LogP contribution is -2.25. The summed E-state index contributed by atoms with van der Waals surface area (Å²) in [6.45, 7) is 3.11. The molecule has 0 saturated carbocycles. The Bertz CT molecular complexity index is 525. The Morgan fingerprint density at radius 1 is 1.37 bits per heavy atom. The number of aliphatic carboxylic acids is 1. The maximum atomic E-state index is 10.7. The van der Waals surface area contributed by atoms with E-state index in [1.165, 1.54) is 16.9 Å². The van der Waals surface area contributed by atoms with Gasteiger partial charge in [0.15, 0.2) is 0 Å². The summed E-state index contributed by atoms with van der Waals surface area (Å²) in [5.74, 6) is -0.807. The monoisotopic (exact) mass is 277 g/mol. The molecule has 1 aromatic carbocycles. The van der Waals surface area contributed by atoms with Gasteiger partial charge in [-0.15, -0.1) is 10.2 Å². The maximum Gasteiger partial charge on any atom is 0.305 e. The van der Waals surface area contributed by atoms with Gasteiger partial charge in [-0.2, -0.15) is 0 Å². The number of aromatic nitrogens is 2. The molecule has 0 aliphatic heterocycles. The van der Waals surface area contributed by atoms with Crippen molar-refractivity contribution >= 4 is 22.4 Å². The summed E-state index contributed by atoms with van der Waals surface area (Å²) in [4.78, 5) is 12.7. The first-order valence-corrected chi connectivity index (χ1v) is 6.81. The third-order valence-electron chi connectivity index (χ3n) is 2.71. The van der Waals surface area contributed by atoms with E-state index in [-0.39, 0.29) is 6.42 Å². The van der Waals surface area contributed by atoms with Crippen molar-refractivity contribution in [1.29, 1.82) is 0 Å². The number of hydrogen-bond donors (Lipinski definition) is 1. The summed E-state index contributed by atoms with van der Waals surface area (Å²) in [6, 6.07) is 8.18. The number of carboxylic acids is 1. The van der Waals surface area contributed by atoms with E-state index in [1.807, 2.05) is 36.1 Å². The van der Waals surface area contributed by atoms with Crippen molar-refractivity contribution in [3.8, 4) is 0 Å². The lowest BCUT2D eigenvalue weighted by molar-refractivity contribution is -0.136. The van der Waals surface area contributed by atoms with E-state index in [2.05, 4.69) is 10.2 Å². The fourth-order valence-electron chi connectivity index (χ4n) is 1.69. The predicted molar refractivity (Wildman–Crippen MR) is 74.4 cm³/mol. The SMILES string of the molecule is Cc1ccc(CN(CCC(=O)O)c2nncs2)cc1. The van der Waals surface area contributed by atoms with Crippen molar-refractivity contribution in [2.45, 2.75) is 19.9 Å². The first kappa shape index (κ1) is 13.5. The average Bonchev–Trinajstić information content (AvgIpc) is 2.90. The third kappa shape index (κ3) is 4.03. The molecule has 0 saturated heterocycles. The van der Waals surface area contributed by atoms with Crippen molar-refractivity contribution in [2.75, 3.05) is 11.4 Å². The molecule has 0 spiro atoms. The third-order valence-corrected chi connectivity index (χ3v) is 3.46. The van der Waals surface area contributed by atoms with Gasteiger partial charge in [0.1, 0.15) is 5.51 Å². The first-order chi connectivity index (χ1) is 9.15. The molecule has 0 amide bonds. The van der Waals surface area contributed by atoms with Gasteiger partial charge in [0.05, 0.1) is 6.42 Å². The lowest BCUT2D eigenvalue weighted by atomic mass is 10.1. The highest BCUT2D eigenvalue weighted by atomic mass is 32.1. The Morgan fingerprint density at radius 3 is 2.68 bits per heavy atom. The zero-order chi connectivity index (χ0) is 13.7. The molecular formula is C13H15N3O2S. The number of aryl methyl sites for hydroxylation is 1. The average molecular weight is 277 g/mol. The smallest absolute Gasteiger partial charge is 0.305 e. The molecule has 1 heterocycles. The number of hydrogen-bond acceptors (Lipinski definition) is 5. The van der Waals surface area contributed by atoms with Crippen LogP contribution in [0.5, 0.6) is 0 Å². The molecule has 2 rings (SSSR count). The van der Waals surface area contributed by atoms with Crippen LogP contribution in [-0.2, 0) is 11.3 Å². The number of anilines is 1. The molecule has 19 heavy (non-hydrogen) atoms. The van der Waals surface area contributed by atoms with E-state index in [0.29, 0.717) is 13.1 Å². The lowest BCUT2D eigenvalue weighted by Gasteiger charge is -2.20. The molecule has 0 unspecified atom stereocenters. The van der Waals surface area contributed by atoms with E-state index < -0.39 is 5.97 Å². The molecule has 0 fully saturated rings. The standard InChI is InChI=1S/C13H15N3O2S/c1-10-2-4-11(5-3-10)8-16(7-6-12(17)18)13-15-14-9-19-13/h2-5,9H,6-8H2,1H3,(H,17,18). The van der Waals surface area contributed by atoms with Gasteiger partial charge in [0, 0.05) is 13.1 Å². The Labute approximate surface area is 115 Å². The summed E-state index contributed by atoms with van der Waals surface area (Å²) >= 11 is 1.42. The Kier molecular flexibility index (Phi) is 4.46. The fourth-order valence-corrected chi connectivity index (χ4v) is 2.28. The number of nitrogens with zero attached hydrogens (tertiary/aromatic N) is 3. The molecular weight excluding hydrogens is 262 g/mol. The quantitative estimate of drug-likeness (QED) is 0.877. The van der Waals surface area contributed by atoms with Crippen LogP contribution in [0.4, 0.5) is 5.13 Å². The summed E-state index contributed by atoms with van der Waals surface area (Å²) < 4.78 is 0. The fraction of sp³-hybridized carbons (Fsp3) is 0.308. The van der Waals surface area contributed by atoms with Gasteiger partial charge < -0.3 is 10.0 Å². The maximum absolute atomic E-state index is 10.7. The molecule has 2 aromatic rings. The van der Waals surface area contributed by atoms with E-state index in [1.54, 1.807) is 5.51 Å². The minimum Gasteiger partial charge on any atom is -0.481 e. The van der Waals surface area contributed by atoms with E-state index in [4.69, 9.17) is 5.11 Å². The molecule has 0 aliphatic carbocycles. The molecule has 0 atom stereocenters. The van der Waals surface area contributed by atoms with E-state index >= 15 is 0 Å². The summed E-state index contributed by atoms with van der Waals surface area (Å²) in [6.07, 6.45) is 0.0887. The Hall–Kier alpha value is -1.95. The van der Waals surface area contributed by atoms with Crippen LogP contribution in [0.3, 0.4) is 0 Å². The molecule has 5 nitrogen and oxygen atoms in total. The van der Waals surface area contributed by atoms with Gasteiger partial charge in [-0.05, 0) is 12.5 Å². The minimum absolute atomic E-state index is 0.0887. The van der Waals surface area contributed by atoms with E-state index in [9.17, 15) is 4.79 Å². The molecule has 100 valence electrons. The van der Waals surface area contributed by atoms with E-state index in [0.717, 1.165) is 10.7 Å². The predicted octanol–water partition coefficient (Wildman–Crippen LogP) is 2.33. The zero-order valence-electron chi connectivity index (χ0n) is 10.6. The van der Waals surface area contributed by atoms with Gasteiger partial charge >= 0.3 is 5.97 Å². The zero-order valence-corrected chi connectivity index (χ0v) is 11.4. The Morgan fingerprint density at radius 2 is 2.11 bits per heavy atom. The van der Waals surface area contributed by atoms with Crippen LogP contribution in [0.2, 0.25) is 0 Å². The minimum atomic E-state index is -0.807. The van der Waals surface area contributed by atoms with Crippen LogP contribution < -0.4 is 4.90 Å². The number of carboxylic acid groups (broad SMARTS) is 1. The number of benzene rings is 1. The molecule has 0 radical (unpaired) electrons. The van der Waals surface area contributed by atoms with Crippen molar-refractivity contribution in [2.24, 2.45) is 0 Å². The topological polar surface area (TPSA) is 66.3 Å². The summed E-state index contributed by atoms with van der Waals surface area (Å²) in [7, 11) is 0. The highest BCUT2D eigenvalue weighted by Crippen LogP contribution is 2.19. The molecule has 6 heteroatoms. The highest BCUT2D eigenvalue weighted by Gasteiger charge is 2.12. The number of rotatable bonds is 6. The Balaban J connectivity index is 2.09. The van der Waals surface area contributed by atoms with Crippen LogP contribution in [-0.4, -0.2) is 27.8 Å². The largest absolute Gasteiger partial charge is 0.481 e. The molecule has 1 N–H and O–H groups in total. The van der Waals surface area contributed by atoms with Crippen molar-refractivity contribution in [3.63, 3.8) is 0 Å². The number of carbonyl (C=O) groups is 1. The summed E-state index contributed by atoms with van der Waals surface area (Å²) in [5.41, 5.74) is 3.99.